The molecule has 0 unspecified atom stereocenters. The lowest BCUT2D eigenvalue weighted by Gasteiger charge is -2.17. The molecular weight excluding hydrogens is 372 g/mol. The van der Waals surface area contributed by atoms with Crippen molar-refractivity contribution in [1.82, 2.24) is 9.55 Å². The number of ketones is 1. The molecule has 2 heterocycles. The number of para-hydroxylation sites is 2. The summed E-state index contributed by atoms with van der Waals surface area (Å²) in [5.74, 6) is 0.354. The lowest BCUT2D eigenvalue weighted by Crippen LogP contribution is -2.26. The van der Waals surface area contributed by atoms with Crippen LogP contribution >= 0.6 is 11.8 Å². The number of rotatable bonds is 6. The van der Waals surface area contributed by atoms with Crippen LogP contribution < -0.4 is 5.56 Å². The maximum atomic E-state index is 13.0. The van der Waals surface area contributed by atoms with Gasteiger partial charge in [-0.3, -0.25) is 14.2 Å². The van der Waals surface area contributed by atoms with Crippen molar-refractivity contribution in [3.63, 3.8) is 0 Å². The molecule has 5 nitrogen and oxygen atoms in total. The van der Waals surface area contributed by atoms with Crippen molar-refractivity contribution in [2.75, 3.05) is 5.75 Å². The summed E-state index contributed by atoms with van der Waals surface area (Å²) in [6.45, 7) is 4.02. The Morgan fingerprint density at radius 3 is 2.71 bits per heavy atom. The monoisotopic (exact) mass is 392 g/mol. The standard InChI is InChI=1S/C22H20N2O3S/c1-3-14(2)24-21(26)16-9-5-6-10-17(16)23-22(24)28-13-18(25)20-12-15-8-4-7-11-19(15)27-20/h4-12,14H,3,13H2,1-2H3/t14-/m0/s1. The Morgan fingerprint density at radius 1 is 1.18 bits per heavy atom. The van der Waals surface area contributed by atoms with Gasteiger partial charge in [0.2, 0.25) is 5.78 Å². The Balaban J connectivity index is 1.66. The lowest BCUT2D eigenvalue weighted by molar-refractivity contribution is 0.0994. The van der Waals surface area contributed by atoms with E-state index in [0.29, 0.717) is 27.4 Å². The van der Waals surface area contributed by atoms with Crippen LogP contribution in [0.4, 0.5) is 0 Å². The normalized spacial score (nSPS) is 12.5. The van der Waals surface area contributed by atoms with Crippen molar-refractivity contribution in [3.8, 4) is 0 Å². The van der Waals surface area contributed by atoms with E-state index in [9.17, 15) is 9.59 Å². The molecule has 28 heavy (non-hydrogen) atoms. The summed E-state index contributed by atoms with van der Waals surface area (Å²) in [4.78, 5) is 30.3. The first-order chi connectivity index (χ1) is 13.6. The lowest BCUT2D eigenvalue weighted by atomic mass is 10.2. The minimum absolute atomic E-state index is 0.00610. The molecule has 1 atom stereocenters. The average Bonchev–Trinajstić information content (AvgIpc) is 3.16. The van der Waals surface area contributed by atoms with Gasteiger partial charge in [0.1, 0.15) is 5.58 Å². The van der Waals surface area contributed by atoms with Gasteiger partial charge >= 0.3 is 0 Å². The smallest absolute Gasteiger partial charge is 0.262 e. The van der Waals surface area contributed by atoms with E-state index < -0.39 is 0 Å². The molecule has 2 aromatic heterocycles. The molecule has 0 radical (unpaired) electrons. The minimum Gasteiger partial charge on any atom is -0.453 e. The summed E-state index contributed by atoms with van der Waals surface area (Å²) in [7, 11) is 0. The van der Waals surface area contributed by atoms with Gasteiger partial charge in [-0.05, 0) is 37.6 Å². The Hall–Kier alpha value is -2.86. The summed E-state index contributed by atoms with van der Waals surface area (Å²) in [6.07, 6.45) is 0.797. The molecule has 2 aromatic carbocycles. The van der Waals surface area contributed by atoms with Gasteiger partial charge in [-0.15, -0.1) is 0 Å². The number of hydrogen-bond donors (Lipinski definition) is 0. The van der Waals surface area contributed by atoms with Crippen LogP contribution in [0.15, 0.2) is 69.0 Å². The second kappa shape index (κ2) is 7.64. The third-order valence-corrected chi connectivity index (χ3v) is 5.79. The fraction of sp³-hybridized carbons (Fsp3) is 0.227. The first-order valence-electron chi connectivity index (χ1n) is 9.24. The second-order valence-electron chi connectivity index (χ2n) is 6.70. The van der Waals surface area contributed by atoms with E-state index in [-0.39, 0.29) is 23.1 Å². The van der Waals surface area contributed by atoms with E-state index in [1.807, 2.05) is 56.3 Å². The third-order valence-electron chi connectivity index (χ3n) is 4.84. The number of aromatic nitrogens is 2. The number of carbonyl (C=O) groups is 1. The number of carbonyl (C=O) groups excluding carboxylic acids is 1. The Labute approximate surface area is 166 Å². The number of fused-ring (bicyclic) bond motifs is 2. The molecule has 0 bridgehead atoms. The molecule has 0 aliphatic rings. The number of Topliss-reactive ketones (excluding diaryl/α,β-unsaturated/α-hetero) is 1. The van der Waals surface area contributed by atoms with E-state index >= 15 is 0 Å². The van der Waals surface area contributed by atoms with Crippen molar-refractivity contribution < 1.29 is 9.21 Å². The second-order valence-corrected chi connectivity index (χ2v) is 7.65. The molecule has 0 saturated carbocycles. The van der Waals surface area contributed by atoms with Crippen molar-refractivity contribution in [2.24, 2.45) is 0 Å². The van der Waals surface area contributed by atoms with Gasteiger partial charge in [0.25, 0.3) is 5.56 Å². The first kappa shape index (κ1) is 18.5. The molecule has 0 aliphatic carbocycles. The molecule has 0 amide bonds. The number of benzene rings is 2. The van der Waals surface area contributed by atoms with E-state index in [1.54, 1.807) is 16.7 Å². The van der Waals surface area contributed by atoms with Crippen LogP contribution in [0.2, 0.25) is 0 Å². The van der Waals surface area contributed by atoms with Gasteiger partial charge in [-0.25, -0.2) is 4.98 Å². The highest BCUT2D eigenvalue weighted by atomic mass is 32.2. The number of nitrogens with zero attached hydrogens (tertiary/aromatic N) is 2. The fourth-order valence-corrected chi connectivity index (χ4v) is 4.09. The Morgan fingerprint density at radius 2 is 1.93 bits per heavy atom. The van der Waals surface area contributed by atoms with Gasteiger partial charge in [-0.1, -0.05) is 49.0 Å². The van der Waals surface area contributed by atoms with Crippen LogP contribution in [-0.2, 0) is 0 Å². The first-order valence-corrected chi connectivity index (χ1v) is 10.2. The fourth-order valence-electron chi connectivity index (χ4n) is 3.12. The number of furan rings is 1. The zero-order chi connectivity index (χ0) is 19.7. The molecule has 4 rings (SSSR count). The van der Waals surface area contributed by atoms with Gasteiger partial charge in [-0.2, -0.15) is 0 Å². The summed E-state index contributed by atoms with van der Waals surface area (Å²) in [5.41, 5.74) is 1.26. The van der Waals surface area contributed by atoms with Gasteiger partial charge in [0.05, 0.1) is 16.7 Å². The number of thioether (sulfide) groups is 1. The highest BCUT2D eigenvalue weighted by Gasteiger charge is 2.18. The maximum Gasteiger partial charge on any atom is 0.262 e. The SMILES string of the molecule is CC[C@H](C)n1c(SCC(=O)c2cc3ccccc3o2)nc2ccccc2c1=O. The molecule has 4 aromatic rings. The zero-order valence-electron chi connectivity index (χ0n) is 15.7. The van der Waals surface area contributed by atoms with E-state index in [0.717, 1.165) is 11.8 Å². The summed E-state index contributed by atoms with van der Waals surface area (Å²) < 4.78 is 7.35. The minimum atomic E-state index is -0.126. The third kappa shape index (κ3) is 3.36. The molecule has 0 spiro atoms. The molecule has 0 saturated heterocycles. The van der Waals surface area contributed by atoms with Crippen LogP contribution in [-0.4, -0.2) is 21.1 Å². The predicted molar refractivity (Wildman–Crippen MR) is 112 cm³/mol. The van der Waals surface area contributed by atoms with Crippen molar-refractivity contribution in [1.29, 1.82) is 0 Å². The quantitative estimate of drug-likeness (QED) is 0.260. The van der Waals surface area contributed by atoms with Crippen molar-refractivity contribution in [3.05, 3.63) is 70.7 Å². The number of hydrogen-bond acceptors (Lipinski definition) is 5. The summed E-state index contributed by atoms with van der Waals surface area (Å²) >= 11 is 1.27. The van der Waals surface area contributed by atoms with Crippen LogP contribution in [0.3, 0.4) is 0 Å². The summed E-state index contributed by atoms with van der Waals surface area (Å²) in [5, 5.41) is 2.05. The van der Waals surface area contributed by atoms with Gasteiger partial charge < -0.3 is 4.42 Å². The van der Waals surface area contributed by atoms with Crippen molar-refractivity contribution >= 4 is 39.4 Å². The predicted octanol–water partition coefficient (Wildman–Crippen LogP) is 5.09. The van der Waals surface area contributed by atoms with Gasteiger partial charge in [0.15, 0.2) is 10.9 Å². The summed E-state index contributed by atoms with van der Waals surface area (Å²) in [6, 6.07) is 16.6. The zero-order valence-corrected chi connectivity index (χ0v) is 16.5. The van der Waals surface area contributed by atoms with Crippen LogP contribution in [0, 0.1) is 0 Å². The molecule has 0 N–H and O–H groups in total. The maximum absolute atomic E-state index is 13.0. The topological polar surface area (TPSA) is 65.1 Å². The molecular formula is C22H20N2O3S. The average molecular weight is 392 g/mol. The van der Waals surface area contributed by atoms with Crippen LogP contribution in [0.25, 0.3) is 21.9 Å². The Bertz CT molecular complexity index is 1190. The largest absolute Gasteiger partial charge is 0.453 e. The molecule has 6 heteroatoms. The molecule has 0 aliphatic heterocycles. The van der Waals surface area contributed by atoms with E-state index in [4.69, 9.17) is 4.42 Å². The molecule has 142 valence electrons. The Kier molecular flexibility index (Phi) is 5.05. The van der Waals surface area contributed by atoms with E-state index in [1.165, 1.54) is 11.8 Å². The van der Waals surface area contributed by atoms with Crippen LogP contribution in [0.1, 0.15) is 36.9 Å². The van der Waals surface area contributed by atoms with Gasteiger partial charge in [0, 0.05) is 11.4 Å². The highest BCUT2D eigenvalue weighted by molar-refractivity contribution is 7.99. The highest BCUT2D eigenvalue weighted by Crippen LogP contribution is 2.25. The van der Waals surface area contributed by atoms with Crippen LogP contribution in [0.5, 0.6) is 0 Å². The van der Waals surface area contributed by atoms with E-state index in [2.05, 4.69) is 4.98 Å². The van der Waals surface area contributed by atoms with Crippen molar-refractivity contribution in [2.45, 2.75) is 31.5 Å². The molecule has 0 fully saturated rings.